The number of nitrogens with zero attached hydrogens (tertiary/aromatic N) is 1. The molecule has 1 aromatic carbocycles. The first-order valence-electron chi connectivity index (χ1n) is 5.59. The van der Waals surface area contributed by atoms with Gasteiger partial charge >= 0.3 is 0 Å². The van der Waals surface area contributed by atoms with E-state index in [4.69, 9.17) is 0 Å². The smallest absolute Gasteiger partial charge is 0.0922 e. The Morgan fingerprint density at radius 1 is 1.19 bits per heavy atom. The largest absolute Gasteiger partial charge is 0.348 e. The highest BCUT2D eigenvalue weighted by molar-refractivity contribution is 5.42. The Kier molecular flexibility index (Phi) is 2.58. The average Bonchev–Trinajstić information content (AvgIpc) is 2.75. The number of benzene rings is 1. The number of hydrogen-bond donors (Lipinski definition) is 1. The van der Waals surface area contributed by atoms with E-state index in [0.29, 0.717) is 0 Å². The first-order chi connectivity index (χ1) is 7.53. The van der Waals surface area contributed by atoms with Crippen LogP contribution in [0.2, 0.25) is 0 Å². The molecular weight excluding hydrogens is 196 g/mol. The molecule has 0 unspecified atom stereocenters. The highest BCUT2D eigenvalue weighted by Crippen LogP contribution is 2.32. The minimum Gasteiger partial charge on any atom is -0.348 e. The van der Waals surface area contributed by atoms with Crippen molar-refractivity contribution >= 4 is 0 Å². The summed E-state index contributed by atoms with van der Waals surface area (Å²) in [6.45, 7) is 8.79. The lowest BCUT2D eigenvalue weighted by molar-refractivity contribution is 0.616. The van der Waals surface area contributed by atoms with Gasteiger partial charge in [-0.05, 0) is 30.5 Å². The fraction of sp³-hybridized carbons (Fsp3) is 0.357. The van der Waals surface area contributed by atoms with Crippen molar-refractivity contribution in [2.75, 3.05) is 0 Å². The Labute approximate surface area is 96.7 Å². The molecule has 1 heterocycles. The number of H-pyrrole nitrogens is 1. The number of nitrogens with one attached hydrogen (secondary N) is 1. The van der Waals surface area contributed by atoms with E-state index in [1.54, 1.807) is 6.33 Å². The Morgan fingerprint density at radius 3 is 2.56 bits per heavy atom. The van der Waals surface area contributed by atoms with E-state index < -0.39 is 0 Å². The van der Waals surface area contributed by atoms with Gasteiger partial charge < -0.3 is 4.98 Å². The average molecular weight is 214 g/mol. The molecule has 2 heteroatoms. The SMILES string of the molecule is Cc1cccc(C(C)(C)c2cnc[nH]2)c1C. The van der Waals surface area contributed by atoms with Crippen LogP contribution in [0.1, 0.15) is 36.2 Å². The molecule has 0 aliphatic heterocycles. The van der Waals surface area contributed by atoms with Gasteiger partial charge in [-0.1, -0.05) is 32.0 Å². The van der Waals surface area contributed by atoms with Crippen LogP contribution >= 0.6 is 0 Å². The van der Waals surface area contributed by atoms with Gasteiger partial charge in [-0.2, -0.15) is 0 Å². The number of rotatable bonds is 2. The fourth-order valence-corrected chi connectivity index (χ4v) is 2.17. The summed E-state index contributed by atoms with van der Waals surface area (Å²) in [5.41, 5.74) is 5.19. The van der Waals surface area contributed by atoms with Gasteiger partial charge in [0.2, 0.25) is 0 Å². The van der Waals surface area contributed by atoms with E-state index in [2.05, 4.69) is 55.9 Å². The molecule has 16 heavy (non-hydrogen) atoms. The van der Waals surface area contributed by atoms with Crippen LogP contribution in [0.4, 0.5) is 0 Å². The second-order valence-electron chi connectivity index (χ2n) is 4.84. The third kappa shape index (κ3) is 1.64. The predicted molar refractivity (Wildman–Crippen MR) is 66.6 cm³/mol. The third-order valence-electron chi connectivity index (χ3n) is 3.45. The summed E-state index contributed by atoms with van der Waals surface area (Å²) in [4.78, 5) is 7.32. The maximum absolute atomic E-state index is 4.11. The van der Waals surface area contributed by atoms with Crippen molar-refractivity contribution in [1.82, 2.24) is 9.97 Å². The van der Waals surface area contributed by atoms with Gasteiger partial charge in [-0.25, -0.2) is 4.98 Å². The molecule has 0 saturated heterocycles. The van der Waals surface area contributed by atoms with Crippen molar-refractivity contribution in [2.24, 2.45) is 0 Å². The molecule has 2 aromatic rings. The predicted octanol–water partition coefficient (Wildman–Crippen LogP) is 3.35. The van der Waals surface area contributed by atoms with E-state index >= 15 is 0 Å². The molecule has 0 fully saturated rings. The molecule has 0 aliphatic rings. The second kappa shape index (κ2) is 3.78. The molecule has 84 valence electrons. The molecule has 0 amide bonds. The topological polar surface area (TPSA) is 28.7 Å². The van der Waals surface area contributed by atoms with E-state index in [1.165, 1.54) is 16.7 Å². The zero-order valence-corrected chi connectivity index (χ0v) is 10.3. The first kappa shape index (κ1) is 10.9. The van der Waals surface area contributed by atoms with E-state index in [0.717, 1.165) is 5.69 Å². The van der Waals surface area contributed by atoms with Gasteiger partial charge in [0.25, 0.3) is 0 Å². The van der Waals surface area contributed by atoms with Crippen LogP contribution in [-0.4, -0.2) is 9.97 Å². The standard InChI is InChI=1S/C14H18N2/c1-10-6-5-7-12(11(10)2)14(3,4)13-8-15-9-16-13/h5-9H,1-4H3,(H,15,16). The van der Waals surface area contributed by atoms with E-state index in [1.807, 2.05) is 6.20 Å². The van der Waals surface area contributed by atoms with Crippen LogP contribution in [0.15, 0.2) is 30.7 Å². The Bertz CT molecular complexity index is 481. The molecule has 2 nitrogen and oxygen atoms in total. The zero-order valence-electron chi connectivity index (χ0n) is 10.3. The monoisotopic (exact) mass is 214 g/mol. The summed E-state index contributed by atoms with van der Waals surface area (Å²) in [5.74, 6) is 0. The summed E-state index contributed by atoms with van der Waals surface area (Å²) in [6, 6.07) is 6.47. The first-order valence-corrected chi connectivity index (χ1v) is 5.59. The van der Waals surface area contributed by atoms with Gasteiger partial charge in [0.15, 0.2) is 0 Å². The van der Waals surface area contributed by atoms with E-state index in [9.17, 15) is 0 Å². The van der Waals surface area contributed by atoms with Gasteiger partial charge in [-0.3, -0.25) is 0 Å². The molecule has 2 rings (SSSR count). The van der Waals surface area contributed by atoms with Crippen LogP contribution in [0, 0.1) is 13.8 Å². The van der Waals surface area contributed by atoms with Crippen molar-refractivity contribution in [3.8, 4) is 0 Å². The highest BCUT2D eigenvalue weighted by atomic mass is 14.9. The van der Waals surface area contributed by atoms with Crippen LogP contribution in [-0.2, 0) is 5.41 Å². The Balaban J connectivity index is 2.56. The van der Waals surface area contributed by atoms with Gasteiger partial charge in [0.1, 0.15) is 0 Å². The van der Waals surface area contributed by atoms with Gasteiger partial charge in [-0.15, -0.1) is 0 Å². The lowest BCUT2D eigenvalue weighted by atomic mass is 9.78. The van der Waals surface area contributed by atoms with Crippen LogP contribution in [0.5, 0.6) is 0 Å². The molecule has 0 atom stereocenters. The fourth-order valence-electron chi connectivity index (χ4n) is 2.17. The molecule has 0 bridgehead atoms. The van der Waals surface area contributed by atoms with Crippen molar-refractivity contribution in [2.45, 2.75) is 33.1 Å². The molecule has 0 spiro atoms. The number of hydrogen-bond acceptors (Lipinski definition) is 1. The summed E-state index contributed by atoms with van der Waals surface area (Å²) < 4.78 is 0. The normalized spacial score (nSPS) is 11.8. The number of aromatic nitrogens is 2. The number of aryl methyl sites for hydroxylation is 1. The number of aromatic amines is 1. The van der Waals surface area contributed by atoms with Crippen LogP contribution < -0.4 is 0 Å². The minimum absolute atomic E-state index is 0.0212. The van der Waals surface area contributed by atoms with Crippen molar-refractivity contribution < 1.29 is 0 Å². The van der Waals surface area contributed by atoms with Crippen LogP contribution in [0.25, 0.3) is 0 Å². The molecule has 1 N–H and O–H groups in total. The highest BCUT2D eigenvalue weighted by Gasteiger charge is 2.26. The van der Waals surface area contributed by atoms with Crippen molar-refractivity contribution in [3.05, 3.63) is 53.1 Å². The van der Waals surface area contributed by atoms with E-state index in [-0.39, 0.29) is 5.41 Å². The Hall–Kier alpha value is -1.57. The molecular formula is C14H18N2. The maximum atomic E-state index is 4.11. The summed E-state index contributed by atoms with van der Waals surface area (Å²) >= 11 is 0. The molecule has 0 saturated carbocycles. The second-order valence-corrected chi connectivity index (χ2v) is 4.84. The van der Waals surface area contributed by atoms with Crippen molar-refractivity contribution in [3.63, 3.8) is 0 Å². The van der Waals surface area contributed by atoms with Crippen LogP contribution in [0.3, 0.4) is 0 Å². The molecule has 0 aliphatic carbocycles. The third-order valence-corrected chi connectivity index (χ3v) is 3.45. The van der Waals surface area contributed by atoms with Crippen molar-refractivity contribution in [1.29, 1.82) is 0 Å². The summed E-state index contributed by atoms with van der Waals surface area (Å²) in [7, 11) is 0. The Morgan fingerprint density at radius 2 is 1.94 bits per heavy atom. The molecule has 1 aromatic heterocycles. The summed E-state index contributed by atoms with van der Waals surface area (Å²) in [5, 5.41) is 0. The lowest BCUT2D eigenvalue weighted by Gasteiger charge is -2.26. The van der Waals surface area contributed by atoms with Gasteiger partial charge in [0.05, 0.1) is 6.33 Å². The van der Waals surface area contributed by atoms with Gasteiger partial charge in [0, 0.05) is 17.3 Å². The zero-order chi connectivity index (χ0) is 11.8. The molecule has 0 radical (unpaired) electrons. The quantitative estimate of drug-likeness (QED) is 0.816. The number of imidazole rings is 1. The summed E-state index contributed by atoms with van der Waals surface area (Å²) in [6.07, 6.45) is 3.64. The minimum atomic E-state index is -0.0212. The maximum Gasteiger partial charge on any atom is 0.0922 e. The lowest BCUT2D eigenvalue weighted by Crippen LogP contribution is -2.21.